The molecule has 0 spiro atoms. The summed E-state index contributed by atoms with van der Waals surface area (Å²) in [6, 6.07) is 43.6. The highest BCUT2D eigenvalue weighted by Crippen LogP contribution is 2.46. The molecule has 1 aromatic heterocycles. The summed E-state index contributed by atoms with van der Waals surface area (Å²) in [5.41, 5.74) is 6.89. The van der Waals surface area contributed by atoms with Crippen LogP contribution in [-0.4, -0.2) is 4.98 Å². The summed E-state index contributed by atoms with van der Waals surface area (Å²) in [5.74, 6) is 0. The average Bonchev–Trinajstić information content (AvgIpc) is 3.36. The maximum absolute atomic E-state index is 4.65. The summed E-state index contributed by atoms with van der Waals surface area (Å²) in [6.07, 6.45) is 1.80. The SMILES string of the molecule is c1ccc(C2Nc3ccccc3N2c2ccc(-c3ccc4ccc5cccc6ccc3c4c56)cc2)nc1. The molecular weight excluding hydrogens is 450 g/mol. The molecule has 174 valence electrons. The Morgan fingerprint density at radius 3 is 2.14 bits per heavy atom. The van der Waals surface area contributed by atoms with Crippen LogP contribution in [0.4, 0.5) is 17.1 Å². The molecule has 2 heterocycles. The molecule has 0 aliphatic carbocycles. The molecule has 0 saturated heterocycles. The monoisotopic (exact) mass is 473 g/mol. The molecule has 0 bridgehead atoms. The Hall–Kier alpha value is -4.89. The zero-order valence-electron chi connectivity index (χ0n) is 20.1. The van der Waals surface area contributed by atoms with Gasteiger partial charge < -0.3 is 10.2 Å². The van der Waals surface area contributed by atoms with Crippen molar-refractivity contribution < 1.29 is 0 Å². The largest absolute Gasteiger partial charge is 0.358 e. The molecule has 1 atom stereocenters. The summed E-state index contributed by atoms with van der Waals surface area (Å²) >= 11 is 0. The van der Waals surface area contributed by atoms with Crippen molar-refractivity contribution in [1.82, 2.24) is 4.98 Å². The molecule has 6 aromatic carbocycles. The van der Waals surface area contributed by atoms with Crippen molar-refractivity contribution in [3.8, 4) is 11.1 Å². The molecular formula is C34H23N3. The van der Waals surface area contributed by atoms with E-state index in [4.69, 9.17) is 0 Å². The fourth-order valence-electron chi connectivity index (χ4n) is 5.98. The van der Waals surface area contributed by atoms with Crippen molar-refractivity contribution in [2.24, 2.45) is 0 Å². The summed E-state index contributed by atoms with van der Waals surface area (Å²) in [6.45, 7) is 0. The molecule has 1 unspecified atom stereocenters. The van der Waals surface area contributed by atoms with Crippen LogP contribution in [0.3, 0.4) is 0 Å². The van der Waals surface area contributed by atoms with E-state index in [2.05, 4.69) is 124 Å². The fourth-order valence-corrected chi connectivity index (χ4v) is 5.98. The number of pyridine rings is 1. The molecule has 8 rings (SSSR count). The van der Waals surface area contributed by atoms with Crippen LogP contribution in [-0.2, 0) is 0 Å². The minimum Gasteiger partial charge on any atom is -0.358 e. The van der Waals surface area contributed by atoms with Gasteiger partial charge >= 0.3 is 0 Å². The third-order valence-electron chi connectivity index (χ3n) is 7.67. The number of fused-ring (bicyclic) bond motifs is 1. The molecule has 3 nitrogen and oxygen atoms in total. The molecule has 3 heteroatoms. The number of nitrogens with one attached hydrogen (secondary N) is 1. The Labute approximate surface area is 215 Å². The lowest BCUT2D eigenvalue weighted by Gasteiger charge is -2.27. The highest BCUT2D eigenvalue weighted by molar-refractivity contribution is 6.25. The first kappa shape index (κ1) is 20.3. The van der Waals surface area contributed by atoms with Gasteiger partial charge in [0.15, 0.2) is 0 Å². The second kappa shape index (κ2) is 7.81. The number of nitrogens with zero attached hydrogens (tertiary/aromatic N) is 2. The highest BCUT2D eigenvalue weighted by atomic mass is 15.3. The lowest BCUT2D eigenvalue weighted by molar-refractivity contribution is 0.793. The molecule has 0 radical (unpaired) electrons. The Kier molecular flexibility index (Phi) is 4.29. The van der Waals surface area contributed by atoms with Gasteiger partial charge in [0.2, 0.25) is 0 Å². The Morgan fingerprint density at radius 1 is 0.595 bits per heavy atom. The van der Waals surface area contributed by atoms with Crippen molar-refractivity contribution in [3.05, 3.63) is 133 Å². The number of hydrogen-bond acceptors (Lipinski definition) is 3. The van der Waals surface area contributed by atoms with Crippen molar-refractivity contribution in [2.75, 3.05) is 10.2 Å². The second-order valence-corrected chi connectivity index (χ2v) is 9.70. The quantitative estimate of drug-likeness (QED) is 0.260. The maximum Gasteiger partial charge on any atom is 0.147 e. The van der Waals surface area contributed by atoms with Crippen LogP contribution in [0.5, 0.6) is 0 Å². The van der Waals surface area contributed by atoms with Crippen LogP contribution in [0.2, 0.25) is 0 Å². The molecule has 1 N–H and O–H groups in total. The number of aromatic nitrogens is 1. The van der Waals surface area contributed by atoms with Crippen LogP contribution in [0.1, 0.15) is 11.9 Å². The van der Waals surface area contributed by atoms with Gasteiger partial charge in [-0.15, -0.1) is 0 Å². The first-order valence-electron chi connectivity index (χ1n) is 12.7. The average molecular weight is 474 g/mol. The molecule has 0 amide bonds. The second-order valence-electron chi connectivity index (χ2n) is 9.70. The molecule has 0 saturated carbocycles. The third kappa shape index (κ3) is 3.04. The molecule has 7 aromatic rings. The van der Waals surface area contributed by atoms with Gasteiger partial charge in [0.05, 0.1) is 17.1 Å². The Balaban J connectivity index is 1.26. The van der Waals surface area contributed by atoms with Crippen LogP contribution in [0.25, 0.3) is 43.4 Å². The minimum absolute atomic E-state index is 0.0565. The van der Waals surface area contributed by atoms with Gasteiger partial charge in [0.25, 0.3) is 0 Å². The fraction of sp³-hybridized carbons (Fsp3) is 0.0294. The summed E-state index contributed by atoms with van der Waals surface area (Å²) in [7, 11) is 0. The number of benzene rings is 6. The Morgan fingerprint density at radius 2 is 1.32 bits per heavy atom. The standard InChI is InChI=1S/C34H23N3/c1-2-10-31-29(8-1)36-34(30-9-3-4-21-35-30)37(31)26-17-13-22(14-18-26)27-19-15-25-12-11-23-6-5-7-24-16-20-28(27)33(25)32(23)24/h1-21,34,36H. The lowest BCUT2D eigenvalue weighted by atomic mass is 9.90. The van der Waals surface area contributed by atoms with Crippen molar-refractivity contribution >= 4 is 49.4 Å². The van der Waals surface area contributed by atoms with Crippen molar-refractivity contribution in [1.29, 1.82) is 0 Å². The molecule has 1 aliphatic heterocycles. The van der Waals surface area contributed by atoms with Crippen LogP contribution in [0.15, 0.2) is 128 Å². The van der Waals surface area contributed by atoms with Gasteiger partial charge in [0, 0.05) is 11.9 Å². The van der Waals surface area contributed by atoms with E-state index in [0.29, 0.717) is 0 Å². The van der Waals surface area contributed by atoms with Crippen molar-refractivity contribution in [2.45, 2.75) is 6.17 Å². The zero-order valence-corrected chi connectivity index (χ0v) is 20.1. The molecule has 0 fully saturated rings. The summed E-state index contributed by atoms with van der Waals surface area (Å²) in [5, 5.41) is 11.5. The van der Waals surface area contributed by atoms with Gasteiger partial charge in [0.1, 0.15) is 6.17 Å². The third-order valence-corrected chi connectivity index (χ3v) is 7.67. The van der Waals surface area contributed by atoms with E-state index < -0.39 is 0 Å². The molecule has 1 aliphatic rings. The number of anilines is 3. The highest BCUT2D eigenvalue weighted by Gasteiger charge is 2.31. The van der Waals surface area contributed by atoms with Crippen LogP contribution < -0.4 is 10.2 Å². The first-order chi connectivity index (χ1) is 18.3. The number of para-hydroxylation sites is 2. The van der Waals surface area contributed by atoms with Crippen LogP contribution in [0, 0.1) is 0 Å². The normalized spacial score (nSPS) is 14.9. The smallest absolute Gasteiger partial charge is 0.147 e. The number of rotatable bonds is 3. The van der Waals surface area contributed by atoms with Crippen LogP contribution >= 0.6 is 0 Å². The van der Waals surface area contributed by atoms with Crippen molar-refractivity contribution in [3.63, 3.8) is 0 Å². The van der Waals surface area contributed by atoms with E-state index in [9.17, 15) is 0 Å². The summed E-state index contributed by atoms with van der Waals surface area (Å²) < 4.78 is 0. The molecule has 37 heavy (non-hydrogen) atoms. The van der Waals surface area contributed by atoms with E-state index in [1.165, 1.54) is 43.4 Å². The van der Waals surface area contributed by atoms with Gasteiger partial charge in [-0.3, -0.25) is 4.98 Å². The van der Waals surface area contributed by atoms with Gasteiger partial charge in [-0.1, -0.05) is 84.9 Å². The van der Waals surface area contributed by atoms with E-state index in [1.807, 2.05) is 18.3 Å². The zero-order chi connectivity index (χ0) is 24.3. The summed E-state index contributed by atoms with van der Waals surface area (Å²) in [4.78, 5) is 6.99. The predicted molar refractivity (Wildman–Crippen MR) is 155 cm³/mol. The lowest BCUT2D eigenvalue weighted by Crippen LogP contribution is -2.24. The first-order valence-corrected chi connectivity index (χ1v) is 12.7. The van der Waals surface area contributed by atoms with E-state index in [-0.39, 0.29) is 6.17 Å². The minimum atomic E-state index is -0.0565. The predicted octanol–water partition coefficient (Wildman–Crippen LogP) is 8.91. The van der Waals surface area contributed by atoms with E-state index in [0.717, 1.165) is 22.8 Å². The Bertz CT molecular complexity index is 1890. The topological polar surface area (TPSA) is 28.2 Å². The van der Waals surface area contributed by atoms with Gasteiger partial charge in [-0.25, -0.2) is 0 Å². The van der Waals surface area contributed by atoms with E-state index >= 15 is 0 Å². The number of hydrogen-bond donors (Lipinski definition) is 1. The van der Waals surface area contributed by atoms with Gasteiger partial charge in [-0.05, 0) is 79.8 Å². The maximum atomic E-state index is 4.65. The van der Waals surface area contributed by atoms with E-state index in [1.54, 1.807) is 0 Å². The van der Waals surface area contributed by atoms with Gasteiger partial charge in [-0.2, -0.15) is 0 Å².